The van der Waals surface area contributed by atoms with Crippen LogP contribution in [0.15, 0.2) is 41.3 Å². The van der Waals surface area contributed by atoms with Gasteiger partial charge < -0.3 is 9.88 Å². The molecule has 1 aliphatic rings. The number of rotatable bonds is 5. The molecule has 0 aliphatic carbocycles. The highest BCUT2D eigenvalue weighted by Crippen LogP contribution is 2.26. The molecule has 1 amide bonds. The molecule has 27 heavy (non-hydrogen) atoms. The molecule has 0 unspecified atom stereocenters. The third-order valence-electron chi connectivity index (χ3n) is 4.85. The zero-order valence-corrected chi connectivity index (χ0v) is 17.2. The van der Waals surface area contributed by atoms with Crippen LogP contribution in [0.2, 0.25) is 10.2 Å². The number of nitrogens with zero attached hydrogens (tertiary/aromatic N) is 2. The van der Waals surface area contributed by atoms with Crippen LogP contribution >= 0.6 is 23.2 Å². The van der Waals surface area contributed by atoms with Gasteiger partial charge in [-0.05, 0) is 37.0 Å². The monoisotopic (exact) mass is 429 g/mol. The van der Waals surface area contributed by atoms with Gasteiger partial charge >= 0.3 is 0 Å². The Labute approximate surface area is 169 Å². The Bertz CT molecular complexity index is 921. The average Bonchev–Trinajstić information content (AvgIpc) is 2.94. The van der Waals surface area contributed by atoms with Crippen molar-refractivity contribution in [3.63, 3.8) is 0 Å². The Morgan fingerprint density at radius 2 is 1.81 bits per heavy atom. The summed E-state index contributed by atoms with van der Waals surface area (Å²) in [6, 6.07) is 9.99. The van der Waals surface area contributed by atoms with Crippen LogP contribution in [-0.4, -0.2) is 42.8 Å². The lowest BCUT2D eigenvalue weighted by molar-refractivity contribution is 0.0933. The highest BCUT2D eigenvalue weighted by molar-refractivity contribution is 7.89. The summed E-state index contributed by atoms with van der Waals surface area (Å²) < 4.78 is 28.3. The second-order valence-corrected chi connectivity index (χ2v) is 9.30. The number of amides is 1. The summed E-state index contributed by atoms with van der Waals surface area (Å²) in [4.78, 5) is 12.6. The molecule has 1 aliphatic heterocycles. The molecule has 1 fully saturated rings. The second-order valence-electron chi connectivity index (χ2n) is 6.60. The van der Waals surface area contributed by atoms with Crippen LogP contribution in [0.25, 0.3) is 0 Å². The molecule has 0 spiro atoms. The first-order valence-electron chi connectivity index (χ1n) is 8.65. The topological polar surface area (TPSA) is 71.4 Å². The van der Waals surface area contributed by atoms with E-state index >= 15 is 0 Å². The number of sulfonamides is 1. The largest absolute Gasteiger partial charge is 0.350 e. The fourth-order valence-corrected chi connectivity index (χ4v) is 5.05. The molecule has 9 heteroatoms. The van der Waals surface area contributed by atoms with E-state index in [2.05, 4.69) is 5.32 Å². The minimum atomic E-state index is -3.45. The van der Waals surface area contributed by atoms with Crippen molar-refractivity contribution in [3.8, 4) is 0 Å². The standard InChI is InChI=1S/C18H21Cl2N3O3S/c1-22-16(11-15(19)17(22)20)18(24)21-12-13-7-9-23(10-8-13)27(25,26)14-5-3-2-4-6-14/h2-6,11,13H,7-10,12H2,1H3,(H,21,24). The Balaban J connectivity index is 1.54. The van der Waals surface area contributed by atoms with E-state index < -0.39 is 10.0 Å². The number of hydrogen-bond acceptors (Lipinski definition) is 3. The number of hydrogen-bond donors (Lipinski definition) is 1. The minimum Gasteiger partial charge on any atom is -0.350 e. The lowest BCUT2D eigenvalue weighted by Crippen LogP contribution is -2.41. The lowest BCUT2D eigenvalue weighted by atomic mass is 9.98. The smallest absolute Gasteiger partial charge is 0.268 e. The Kier molecular flexibility index (Phi) is 6.15. The highest BCUT2D eigenvalue weighted by atomic mass is 35.5. The molecule has 0 saturated carbocycles. The fourth-order valence-electron chi connectivity index (χ4n) is 3.18. The van der Waals surface area contributed by atoms with Crippen LogP contribution in [0.3, 0.4) is 0 Å². The number of carbonyl (C=O) groups is 1. The Morgan fingerprint density at radius 1 is 1.19 bits per heavy atom. The Hall–Kier alpha value is -1.54. The van der Waals surface area contributed by atoms with Gasteiger partial charge in [0.05, 0.1) is 9.92 Å². The summed E-state index contributed by atoms with van der Waals surface area (Å²) in [5.41, 5.74) is 0.397. The van der Waals surface area contributed by atoms with Crippen molar-refractivity contribution >= 4 is 39.1 Å². The maximum absolute atomic E-state index is 12.6. The predicted molar refractivity (Wildman–Crippen MR) is 106 cm³/mol. The molecular weight excluding hydrogens is 409 g/mol. The zero-order chi connectivity index (χ0) is 19.6. The summed E-state index contributed by atoms with van der Waals surface area (Å²) >= 11 is 11.9. The van der Waals surface area contributed by atoms with Gasteiger partial charge in [0.2, 0.25) is 10.0 Å². The summed E-state index contributed by atoms with van der Waals surface area (Å²) in [6.45, 7) is 1.37. The summed E-state index contributed by atoms with van der Waals surface area (Å²) in [6.07, 6.45) is 1.39. The first-order valence-corrected chi connectivity index (χ1v) is 10.8. The van der Waals surface area contributed by atoms with Gasteiger partial charge in [-0.25, -0.2) is 8.42 Å². The lowest BCUT2D eigenvalue weighted by Gasteiger charge is -2.31. The summed E-state index contributed by atoms with van der Waals surface area (Å²) in [5.74, 6) is -0.0203. The highest BCUT2D eigenvalue weighted by Gasteiger charge is 2.29. The molecule has 1 N–H and O–H groups in total. The van der Waals surface area contributed by atoms with Gasteiger partial charge in [-0.15, -0.1) is 0 Å². The van der Waals surface area contributed by atoms with Crippen molar-refractivity contribution in [2.24, 2.45) is 13.0 Å². The van der Waals surface area contributed by atoms with E-state index in [0.29, 0.717) is 53.2 Å². The van der Waals surface area contributed by atoms with Crippen molar-refractivity contribution in [3.05, 3.63) is 52.3 Å². The maximum Gasteiger partial charge on any atom is 0.268 e. The van der Waals surface area contributed by atoms with E-state index in [4.69, 9.17) is 23.2 Å². The van der Waals surface area contributed by atoms with Gasteiger partial charge in [-0.2, -0.15) is 4.31 Å². The van der Waals surface area contributed by atoms with Crippen LogP contribution < -0.4 is 5.32 Å². The molecule has 6 nitrogen and oxygen atoms in total. The number of carbonyl (C=O) groups excluding carboxylic acids is 1. The molecule has 0 radical (unpaired) electrons. The normalized spacial score (nSPS) is 16.4. The third-order valence-corrected chi connectivity index (χ3v) is 7.61. The van der Waals surface area contributed by atoms with Crippen molar-refractivity contribution in [1.29, 1.82) is 0 Å². The number of nitrogens with one attached hydrogen (secondary N) is 1. The van der Waals surface area contributed by atoms with Gasteiger partial charge in [-0.3, -0.25) is 4.79 Å². The fraction of sp³-hybridized carbons (Fsp3) is 0.389. The van der Waals surface area contributed by atoms with Crippen LogP contribution in [0.1, 0.15) is 23.3 Å². The van der Waals surface area contributed by atoms with Crippen LogP contribution in [0.5, 0.6) is 0 Å². The maximum atomic E-state index is 12.6. The molecule has 2 aromatic rings. The van der Waals surface area contributed by atoms with Crippen molar-refractivity contribution in [2.75, 3.05) is 19.6 Å². The zero-order valence-electron chi connectivity index (χ0n) is 14.9. The van der Waals surface area contributed by atoms with Gasteiger partial charge in [0.15, 0.2) is 0 Å². The quantitative estimate of drug-likeness (QED) is 0.792. The number of aromatic nitrogens is 1. The minimum absolute atomic E-state index is 0.224. The van der Waals surface area contributed by atoms with E-state index in [9.17, 15) is 13.2 Å². The average molecular weight is 430 g/mol. The van der Waals surface area contributed by atoms with Gasteiger partial charge in [-0.1, -0.05) is 41.4 Å². The molecular formula is C18H21Cl2N3O3S. The van der Waals surface area contributed by atoms with Crippen LogP contribution in [-0.2, 0) is 17.1 Å². The molecule has 1 aromatic heterocycles. The second kappa shape index (κ2) is 8.22. The molecule has 0 bridgehead atoms. The molecule has 1 saturated heterocycles. The molecule has 0 atom stereocenters. The molecule has 2 heterocycles. The van der Waals surface area contributed by atoms with Crippen molar-refractivity contribution in [2.45, 2.75) is 17.7 Å². The van der Waals surface area contributed by atoms with E-state index in [1.165, 1.54) is 14.9 Å². The molecule has 1 aromatic carbocycles. The summed E-state index contributed by atoms with van der Waals surface area (Å²) in [7, 11) is -1.78. The van der Waals surface area contributed by atoms with E-state index in [-0.39, 0.29) is 11.8 Å². The number of halogens is 2. The molecule has 146 valence electrons. The third kappa shape index (κ3) is 4.32. The SMILES string of the molecule is Cn1c(C(=O)NCC2CCN(S(=O)(=O)c3ccccc3)CC2)cc(Cl)c1Cl. The van der Waals surface area contributed by atoms with Crippen molar-refractivity contribution < 1.29 is 13.2 Å². The van der Waals surface area contributed by atoms with E-state index in [1.54, 1.807) is 37.4 Å². The van der Waals surface area contributed by atoms with Crippen LogP contribution in [0.4, 0.5) is 0 Å². The van der Waals surface area contributed by atoms with Gasteiger partial charge in [0.1, 0.15) is 10.8 Å². The summed E-state index contributed by atoms with van der Waals surface area (Å²) in [5, 5.41) is 3.55. The van der Waals surface area contributed by atoms with Gasteiger partial charge in [0, 0.05) is 26.7 Å². The number of piperidine rings is 1. The molecule has 3 rings (SSSR count). The van der Waals surface area contributed by atoms with E-state index in [0.717, 1.165) is 0 Å². The predicted octanol–water partition coefficient (Wildman–Crippen LogP) is 3.16. The van der Waals surface area contributed by atoms with E-state index in [1.807, 2.05) is 0 Å². The first kappa shape index (κ1) is 20.2. The first-order chi connectivity index (χ1) is 12.8. The Morgan fingerprint density at radius 3 is 2.37 bits per heavy atom. The van der Waals surface area contributed by atoms with Crippen LogP contribution in [0, 0.1) is 5.92 Å². The number of benzene rings is 1. The van der Waals surface area contributed by atoms with Gasteiger partial charge in [0.25, 0.3) is 5.91 Å². The van der Waals surface area contributed by atoms with Crippen molar-refractivity contribution in [1.82, 2.24) is 14.2 Å².